The normalized spacial score (nSPS) is 14.9. The molecule has 0 aromatic heterocycles. The van der Waals surface area contributed by atoms with Gasteiger partial charge < -0.3 is 14.2 Å². The van der Waals surface area contributed by atoms with Gasteiger partial charge in [-0.1, -0.05) is 50.1 Å². The molecule has 0 aliphatic heterocycles. The Labute approximate surface area is 128 Å². The zero-order valence-electron chi connectivity index (χ0n) is 13.2. The van der Waals surface area contributed by atoms with E-state index < -0.39 is 19.4 Å². The average molecular weight is 314 g/mol. The Kier molecular flexibility index (Phi) is 8.20. The third-order valence-electron chi connectivity index (χ3n) is 3.38. The molecule has 1 N–H and O–H groups in total. The van der Waals surface area contributed by atoms with Crippen LogP contribution in [0.2, 0.25) is 0 Å². The lowest BCUT2D eigenvalue weighted by atomic mass is 10.0. The molecule has 0 heterocycles. The first-order valence-corrected chi connectivity index (χ1v) is 9.32. The van der Waals surface area contributed by atoms with Crippen molar-refractivity contribution in [1.82, 2.24) is 0 Å². The molecule has 5 heteroatoms. The molecular formula is C16H27O4P. The minimum atomic E-state index is -3.33. The van der Waals surface area contributed by atoms with Gasteiger partial charge in [0.15, 0.2) is 0 Å². The van der Waals surface area contributed by atoms with Gasteiger partial charge in [0, 0.05) is 0 Å². The van der Waals surface area contributed by atoms with Gasteiger partial charge in [-0.3, -0.25) is 4.57 Å². The van der Waals surface area contributed by atoms with E-state index in [1.807, 2.05) is 30.3 Å². The van der Waals surface area contributed by atoms with Crippen molar-refractivity contribution in [2.75, 3.05) is 13.2 Å². The molecule has 0 amide bonds. The summed E-state index contributed by atoms with van der Waals surface area (Å²) in [5, 5.41) is 10.7. The lowest BCUT2D eigenvalue weighted by molar-refractivity contribution is 0.134. The molecule has 120 valence electrons. The van der Waals surface area contributed by atoms with Crippen LogP contribution in [-0.2, 0) is 13.6 Å². The largest absolute Gasteiger partial charge is 0.387 e. The van der Waals surface area contributed by atoms with Gasteiger partial charge in [0.05, 0.1) is 25.0 Å². The second kappa shape index (κ2) is 9.37. The minimum Gasteiger partial charge on any atom is -0.387 e. The zero-order valence-corrected chi connectivity index (χ0v) is 14.1. The Bertz CT molecular complexity index is 425. The summed E-state index contributed by atoms with van der Waals surface area (Å²) in [4.78, 5) is 0. The van der Waals surface area contributed by atoms with Crippen molar-refractivity contribution in [3.05, 3.63) is 35.9 Å². The monoisotopic (exact) mass is 314 g/mol. The molecule has 0 bridgehead atoms. The van der Waals surface area contributed by atoms with E-state index in [2.05, 4.69) is 6.92 Å². The average Bonchev–Trinajstić information content (AvgIpc) is 2.48. The van der Waals surface area contributed by atoms with Crippen molar-refractivity contribution in [3.63, 3.8) is 0 Å². The fraction of sp³-hybridized carbons (Fsp3) is 0.625. The number of rotatable bonds is 10. The highest BCUT2D eigenvalue weighted by Gasteiger charge is 2.40. The molecule has 1 aromatic rings. The molecule has 1 aromatic carbocycles. The first kappa shape index (κ1) is 18.4. The third kappa shape index (κ3) is 5.23. The van der Waals surface area contributed by atoms with Crippen molar-refractivity contribution >= 4 is 7.60 Å². The second-order valence-corrected chi connectivity index (χ2v) is 7.20. The number of hydrogen-bond donors (Lipinski definition) is 1. The van der Waals surface area contributed by atoms with Gasteiger partial charge >= 0.3 is 7.60 Å². The van der Waals surface area contributed by atoms with Crippen LogP contribution in [0.3, 0.4) is 0 Å². The van der Waals surface area contributed by atoms with Crippen LogP contribution < -0.4 is 0 Å². The summed E-state index contributed by atoms with van der Waals surface area (Å²) in [5.41, 5.74) is 0.220. The molecule has 2 atom stereocenters. The number of benzene rings is 1. The highest BCUT2D eigenvalue weighted by atomic mass is 31.2. The van der Waals surface area contributed by atoms with E-state index in [0.29, 0.717) is 19.6 Å². The van der Waals surface area contributed by atoms with Gasteiger partial charge in [0.1, 0.15) is 0 Å². The maximum Gasteiger partial charge on any atom is 0.336 e. The Morgan fingerprint density at radius 2 is 1.67 bits per heavy atom. The van der Waals surface area contributed by atoms with E-state index in [-0.39, 0.29) is 0 Å². The molecule has 0 saturated carbocycles. The van der Waals surface area contributed by atoms with Gasteiger partial charge in [0.25, 0.3) is 0 Å². The zero-order chi connectivity index (χ0) is 15.7. The van der Waals surface area contributed by atoms with Crippen molar-refractivity contribution in [1.29, 1.82) is 0 Å². The molecule has 2 unspecified atom stereocenters. The first-order chi connectivity index (χ1) is 10.1. The van der Waals surface area contributed by atoms with Crippen LogP contribution in [0.15, 0.2) is 30.3 Å². The molecule has 0 fully saturated rings. The summed E-state index contributed by atoms with van der Waals surface area (Å²) in [5.74, 6) is 0. The van der Waals surface area contributed by atoms with Crippen molar-refractivity contribution in [3.8, 4) is 0 Å². The fourth-order valence-corrected chi connectivity index (χ4v) is 4.56. The van der Waals surface area contributed by atoms with Crippen molar-refractivity contribution in [2.24, 2.45) is 0 Å². The van der Waals surface area contributed by atoms with Crippen LogP contribution in [-0.4, -0.2) is 24.0 Å². The van der Waals surface area contributed by atoms with Gasteiger partial charge in [-0.05, 0) is 25.8 Å². The predicted octanol–water partition coefficient (Wildman–Crippen LogP) is 4.54. The Morgan fingerprint density at radius 3 is 2.14 bits per heavy atom. The molecule has 0 aliphatic carbocycles. The van der Waals surface area contributed by atoms with E-state index in [0.717, 1.165) is 18.4 Å². The summed E-state index contributed by atoms with van der Waals surface area (Å²) in [6.07, 6.45) is 1.61. The molecular weight excluding hydrogens is 287 g/mol. The molecule has 4 nitrogen and oxygen atoms in total. The minimum absolute atomic E-state index is 0.307. The Balaban J connectivity index is 3.04. The maximum absolute atomic E-state index is 13.0. The van der Waals surface area contributed by atoms with E-state index in [1.165, 1.54) is 0 Å². The number of aliphatic hydroxyl groups excluding tert-OH is 1. The smallest absolute Gasteiger partial charge is 0.336 e. The highest BCUT2D eigenvalue weighted by molar-refractivity contribution is 7.54. The van der Waals surface area contributed by atoms with Crippen molar-refractivity contribution in [2.45, 2.75) is 51.8 Å². The topological polar surface area (TPSA) is 55.8 Å². The third-order valence-corrected chi connectivity index (χ3v) is 5.97. The summed E-state index contributed by atoms with van der Waals surface area (Å²) >= 11 is 0. The molecule has 0 radical (unpaired) electrons. The first-order valence-electron chi connectivity index (χ1n) is 7.70. The molecule has 0 spiro atoms. The summed E-state index contributed by atoms with van der Waals surface area (Å²) in [6.45, 7) is 6.26. The molecule has 0 saturated heterocycles. The number of unbranched alkanes of at least 4 members (excludes halogenated alkanes) is 1. The van der Waals surface area contributed by atoms with Gasteiger partial charge in [0.2, 0.25) is 0 Å². The van der Waals surface area contributed by atoms with E-state index in [1.54, 1.807) is 13.8 Å². The lowest BCUT2D eigenvalue weighted by Crippen LogP contribution is -2.22. The van der Waals surface area contributed by atoms with E-state index in [9.17, 15) is 9.67 Å². The summed E-state index contributed by atoms with van der Waals surface area (Å²) < 4.78 is 23.9. The second-order valence-electron chi connectivity index (χ2n) is 4.94. The van der Waals surface area contributed by atoms with E-state index >= 15 is 0 Å². The molecule has 0 aliphatic rings. The molecule has 1 rings (SSSR count). The van der Waals surface area contributed by atoms with Gasteiger partial charge in [-0.25, -0.2) is 0 Å². The van der Waals surface area contributed by atoms with Crippen molar-refractivity contribution < 1.29 is 18.7 Å². The van der Waals surface area contributed by atoms with Crippen LogP contribution >= 0.6 is 7.60 Å². The van der Waals surface area contributed by atoms with Crippen LogP contribution in [0, 0.1) is 0 Å². The van der Waals surface area contributed by atoms with Gasteiger partial charge in [-0.15, -0.1) is 0 Å². The molecule has 21 heavy (non-hydrogen) atoms. The van der Waals surface area contributed by atoms with Crippen LogP contribution in [0.4, 0.5) is 0 Å². The Morgan fingerprint density at radius 1 is 1.10 bits per heavy atom. The quantitative estimate of drug-likeness (QED) is 0.644. The van der Waals surface area contributed by atoms with E-state index in [4.69, 9.17) is 9.05 Å². The summed E-state index contributed by atoms with van der Waals surface area (Å²) in [6, 6.07) is 9.29. The number of hydrogen-bond acceptors (Lipinski definition) is 4. The SMILES string of the molecule is CCCCC(C(O)c1ccccc1)P(=O)(OCC)OCC. The Hall–Kier alpha value is -0.670. The maximum atomic E-state index is 13.0. The fourth-order valence-electron chi connectivity index (χ4n) is 2.36. The van der Waals surface area contributed by atoms with Crippen LogP contribution in [0.5, 0.6) is 0 Å². The highest BCUT2D eigenvalue weighted by Crippen LogP contribution is 2.58. The van der Waals surface area contributed by atoms with Crippen LogP contribution in [0.1, 0.15) is 51.7 Å². The predicted molar refractivity (Wildman–Crippen MR) is 85.6 cm³/mol. The lowest BCUT2D eigenvalue weighted by Gasteiger charge is -2.30. The standard InChI is InChI=1S/C16H27O4P/c1-4-7-13-15(21(18,19-5-2)20-6-3)16(17)14-11-9-8-10-12-14/h8-12,15-17H,4-7,13H2,1-3H3. The number of aliphatic hydroxyl groups is 1. The van der Waals surface area contributed by atoms with Crippen LogP contribution in [0.25, 0.3) is 0 Å². The summed E-state index contributed by atoms with van der Waals surface area (Å²) in [7, 11) is -3.33. The van der Waals surface area contributed by atoms with Gasteiger partial charge in [-0.2, -0.15) is 0 Å².